The molecule has 1 aliphatic rings. The first-order valence-electron chi connectivity index (χ1n) is 6.04. The SMILES string of the molecule is O=C(NCC1(O)CCOCC1)c1cc(Cl)ccc1Cl. The van der Waals surface area contributed by atoms with E-state index in [1.54, 1.807) is 12.1 Å². The molecule has 1 amide bonds. The molecule has 1 saturated heterocycles. The fourth-order valence-electron chi connectivity index (χ4n) is 1.94. The van der Waals surface area contributed by atoms with E-state index in [0.717, 1.165) is 0 Å². The highest BCUT2D eigenvalue weighted by atomic mass is 35.5. The Hall–Kier alpha value is -0.810. The van der Waals surface area contributed by atoms with Crippen LogP contribution in [-0.2, 0) is 4.74 Å². The predicted octanol–water partition coefficient (Wildman–Crippen LogP) is 2.26. The molecule has 2 rings (SSSR count). The molecule has 0 spiro atoms. The van der Waals surface area contributed by atoms with E-state index < -0.39 is 5.60 Å². The van der Waals surface area contributed by atoms with Gasteiger partial charge in [0.15, 0.2) is 0 Å². The van der Waals surface area contributed by atoms with Crippen LogP contribution in [0.5, 0.6) is 0 Å². The second kappa shape index (κ2) is 6.09. The van der Waals surface area contributed by atoms with Gasteiger partial charge >= 0.3 is 0 Å². The van der Waals surface area contributed by atoms with Crippen molar-refractivity contribution in [2.45, 2.75) is 18.4 Å². The highest BCUT2D eigenvalue weighted by Crippen LogP contribution is 2.22. The predicted molar refractivity (Wildman–Crippen MR) is 73.8 cm³/mol. The zero-order valence-corrected chi connectivity index (χ0v) is 11.8. The lowest BCUT2D eigenvalue weighted by molar-refractivity contribution is -0.0605. The van der Waals surface area contributed by atoms with Crippen molar-refractivity contribution >= 4 is 29.1 Å². The van der Waals surface area contributed by atoms with E-state index in [4.69, 9.17) is 27.9 Å². The van der Waals surface area contributed by atoms with Gasteiger partial charge in [-0.05, 0) is 18.2 Å². The van der Waals surface area contributed by atoms with Gasteiger partial charge < -0.3 is 15.2 Å². The third kappa shape index (κ3) is 3.83. The number of aliphatic hydroxyl groups is 1. The summed E-state index contributed by atoms with van der Waals surface area (Å²) < 4.78 is 5.18. The van der Waals surface area contributed by atoms with Crippen LogP contribution in [0.15, 0.2) is 18.2 Å². The molecule has 0 saturated carbocycles. The molecule has 4 nitrogen and oxygen atoms in total. The van der Waals surface area contributed by atoms with Crippen LogP contribution in [-0.4, -0.2) is 36.4 Å². The Morgan fingerprint density at radius 3 is 2.74 bits per heavy atom. The average Bonchev–Trinajstić information content (AvgIpc) is 2.40. The van der Waals surface area contributed by atoms with Crippen LogP contribution >= 0.6 is 23.2 Å². The van der Waals surface area contributed by atoms with Gasteiger partial charge in [-0.25, -0.2) is 0 Å². The quantitative estimate of drug-likeness (QED) is 0.900. The summed E-state index contributed by atoms with van der Waals surface area (Å²) in [4.78, 5) is 12.0. The van der Waals surface area contributed by atoms with Gasteiger partial charge in [-0.3, -0.25) is 4.79 Å². The molecule has 1 heterocycles. The Kier molecular flexibility index (Phi) is 4.68. The Labute approximate surface area is 121 Å². The van der Waals surface area contributed by atoms with Crippen LogP contribution in [0.25, 0.3) is 0 Å². The van der Waals surface area contributed by atoms with E-state index in [1.165, 1.54) is 6.07 Å². The van der Waals surface area contributed by atoms with Crippen LogP contribution in [0, 0.1) is 0 Å². The smallest absolute Gasteiger partial charge is 0.252 e. The number of rotatable bonds is 3. The van der Waals surface area contributed by atoms with Crippen LogP contribution in [0.2, 0.25) is 10.0 Å². The largest absolute Gasteiger partial charge is 0.388 e. The van der Waals surface area contributed by atoms with E-state index in [0.29, 0.717) is 41.7 Å². The molecule has 0 atom stereocenters. The number of hydrogen-bond acceptors (Lipinski definition) is 3. The maximum atomic E-state index is 12.0. The number of nitrogens with one attached hydrogen (secondary N) is 1. The molecule has 0 aliphatic carbocycles. The molecule has 2 N–H and O–H groups in total. The number of carbonyl (C=O) groups is 1. The van der Waals surface area contributed by atoms with Crippen molar-refractivity contribution in [3.8, 4) is 0 Å². The molecule has 6 heteroatoms. The van der Waals surface area contributed by atoms with Gasteiger partial charge in [0, 0.05) is 37.6 Å². The summed E-state index contributed by atoms with van der Waals surface area (Å²) in [5, 5.41) is 13.7. The lowest BCUT2D eigenvalue weighted by Gasteiger charge is -2.32. The summed E-state index contributed by atoms with van der Waals surface area (Å²) in [7, 11) is 0. The average molecular weight is 304 g/mol. The molecule has 1 fully saturated rings. The van der Waals surface area contributed by atoms with Crippen molar-refractivity contribution in [1.29, 1.82) is 0 Å². The fourth-order valence-corrected chi connectivity index (χ4v) is 2.32. The Balaban J connectivity index is 1.99. The lowest BCUT2D eigenvalue weighted by atomic mass is 9.94. The fraction of sp³-hybridized carbons (Fsp3) is 0.462. The molecule has 104 valence electrons. The van der Waals surface area contributed by atoms with Crippen molar-refractivity contribution in [2.75, 3.05) is 19.8 Å². The molecule has 0 unspecified atom stereocenters. The minimum absolute atomic E-state index is 0.179. The van der Waals surface area contributed by atoms with Gasteiger partial charge in [0.2, 0.25) is 0 Å². The summed E-state index contributed by atoms with van der Waals surface area (Å²) in [5.41, 5.74) is -0.594. The van der Waals surface area contributed by atoms with Crippen molar-refractivity contribution in [2.24, 2.45) is 0 Å². The number of benzene rings is 1. The van der Waals surface area contributed by atoms with Crippen LogP contribution < -0.4 is 5.32 Å². The number of carbonyl (C=O) groups excluding carboxylic acids is 1. The third-order valence-corrected chi connectivity index (χ3v) is 3.74. The van der Waals surface area contributed by atoms with Crippen molar-refractivity contribution in [3.05, 3.63) is 33.8 Å². The molecule has 1 aromatic rings. The third-order valence-electron chi connectivity index (χ3n) is 3.17. The molecular formula is C13H15Cl2NO3. The number of hydrogen-bond donors (Lipinski definition) is 2. The second-order valence-corrected chi connectivity index (χ2v) is 5.49. The summed E-state index contributed by atoms with van der Waals surface area (Å²) in [6, 6.07) is 4.70. The van der Waals surface area contributed by atoms with Crippen molar-refractivity contribution in [1.82, 2.24) is 5.32 Å². The van der Waals surface area contributed by atoms with E-state index >= 15 is 0 Å². The molecule has 0 radical (unpaired) electrons. The number of amides is 1. The first kappa shape index (κ1) is 14.6. The topological polar surface area (TPSA) is 58.6 Å². The zero-order valence-electron chi connectivity index (χ0n) is 10.3. The lowest BCUT2D eigenvalue weighted by Crippen LogP contribution is -2.46. The molecule has 1 aromatic carbocycles. The van der Waals surface area contributed by atoms with E-state index in [9.17, 15) is 9.90 Å². The Morgan fingerprint density at radius 1 is 1.37 bits per heavy atom. The summed E-state index contributed by atoms with van der Waals surface area (Å²) >= 11 is 11.8. The van der Waals surface area contributed by atoms with Crippen molar-refractivity contribution in [3.63, 3.8) is 0 Å². The normalized spacial score (nSPS) is 18.1. The first-order valence-corrected chi connectivity index (χ1v) is 6.79. The molecule has 1 aliphatic heterocycles. The Bertz CT molecular complexity index is 473. The number of ether oxygens (including phenoxy) is 1. The number of halogens is 2. The van der Waals surface area contributed by atoms with Crippen molar-refractivity contribution < 1.29 is 14.6 Å². The summed E-state index contributed by atoms with van der Waals surface area (Å²) in [6.45, 7) is 1.19. The van der Waals surface area contributed by atoms with Gasteiger partial charge in [0.25, 0.3) is 5.91 Å². The standard InChI is InChI=1S/C13H15Cl2NO3/c14-9-1-2-11(15)10(7-9)12(17)16-8-13(18)3-5-19-6-4-13/h1-2,7,18H,3-6,8H2,(H,16,17). The van der Waals surface area contributed by atoms with Gasteiger partial charge in [-0.15, -0.1) is 0 Å². The molecule has 0 bridgehead atoms. The molecular weight excluding hydrogens is 289 g/mol. The minimum Gasteiger partial charge on any atom is -0.388 e. The van der Waals surface area contributed by atoms with Crippen LogP contribution in [0.4, 0.5) is 0 Å². The van der Waals surface area contributed by atoms with Crippen LogP contribution in [0.1, 0.15) is 23.2 Å². The summed E-state index contributed by atoms with van der Waals surface area (Å²) in [5.74, 6) is -0.340. The Morgan fingerprint density at radius 2 is 2.05 bits per heavy atom. The highest BCUT2D eigenvalue weighted by molar-refractivity contribution is 6.35. The summed E-state index contributed by atoms with van der Waals surface area (Å²) in [6.07, 6.45) is 1.02. The monoisotopic (exact) mass is 303 g/mol. The van der Waals surface area contributed by atoms with Gasteiger partial charge in [0.1, 0.15) is 0 Å². The van der Waals surface area contributed by atoms with E-state index in [2.05, 4.69) is 5.32 Å². The van der Waals surface area contributed by atoms with Crippen LogP contribution in [0.3, 0.4) is 0 Å². The minimum atomic E-state index is -0.904. The first-order chi connectivity index (χ1) is 9.00. The zero-order chi connectivity index (χ0) is 13.9. The highest BCUT2D eigenvalue weighted by Gasteiger charge is 2.30. The maximum absolute atomic E-state index is 12.0. The second-order valence-electron chi connectivity index (χ2n) is 4.64. The van der Waals surface area contributed by atoms with Gasteiger partial charge in [-0.1, -0.05) is 23.2 Å². The van der Waals surface area contributed by atoms with Gasteiger partial charge in [0.05, 0.1) is 16.2 Å². The van der Waals surface area contributed by atoms with E-state index in [-0.39, 0.29) is 12.5 Å². The van der Waals surface area contributed by atoms with Gasteiger partial charge in [-0.2, -0.15) is 0 Å². The maximum Gasteiger partial charge on any atom is 0.252 e. The molecule has 0 aromatic heterocycles. The molecule has 19 heavy (non-hydrogen) atoms. The van der Waals surface area contributed by atoms with E-state index in [1.807, 2.05) is 0 Å².